The third-order valence-electron chi connectivity index (χ3n) is 2.14. The van der Waals surface area contributed by atoms with E-state index < -0.39 is 30.2 Å². The molecule has 0 aromatic carbocycles. The molecule has 0 heterocycles. The Morgan fingerprint density at radius 3 is 2.12 bits per heavy atom. The number of amides is 1. The molecular formula is C10H20F2N2O2. The first-order chi connectivity index (χ1) is 7.06. The lowest BCUT2D eigenvalue weighted by atomic mass is 10.1. The van der Waals surface area contributed by atoms with Crippen LogP contribution in [0.3, 0.4) is 0 Å². The second-order valence-electron chi connectivity index (χ2n) is 4.74. The molecule has 1 amide bonds. The summed E-state index contributed by atoms with van der Waals surface area (Å²) in [5.41, 5.74) is 4.61. The first kappa shape index (κ1) is 15.1. The molecule has 0 aromatic rings. The average molecular weight is 238 g/mol. The van der Waals surface area contributed by atoms with Crippen LogP contribution in [-0.4, -0.2) is 42.2 Å². The van der Waals surface area contributed by atoms with E-state index in [9.17, 15) is 13.6 Å². The van der Waals surface area contributed by atoms with Gasteiger partial charge in [-0.2, -0.15) is 0 Å². The fourth-order valence-electron chi connectivity index (χ4n) is 0.969. The largest absolute Gasteiger partial charge is 0.444 e. The van der Waals surface area contributed by atoms with Crippen molar-refractivity contribution in [3.8, 4) is 0 Å². The third kappa shape index (κ3) is 4.74. The van der Waals surface area contributed by atoms with Crippen molar-refractivity contribution in [1.29, 1.82) is 0 Å². The molecule has 16 heavy (non-hydrogen) atoms. The van der Waals surface area contributed by atoms with Crippen molar-refractivity contribution >= 4 is 6.09 Å². The van der Waals surface area contributed by atoms with Crippen molar-refractivity contribution in [2.24, 2.45) is 5.73 Å². The van der Waals surface area contributed by atoms with Gasteiger partial charge >= 0.3 is 6.09 Å². The Hall–Kier alpha value is -0.910. The lowest BCUT2D eigenvalue weighted by Gasteiger charge is -2.31. The highest BCUT2D eigenvalue weighted by Crippen LogP contribution is 2.13. The SMILES string of the molecule is CC(C(N)C(F)F)N(C)C(=O)OC(C)(C)C. The second kappa shape index (κ2) is 5.43. The zero-order valence-corrected chi connectivity index (χ0v) is 10.3. The molecule has 0 fully saturated rings. The van der Waals surface area contributed by atoms with Crippen LogP contribution in [0, 0.1) is 0 Å². The molecule has 0 saturated heterocycles. The van der Waals surface area contributed by atoms with Gasteiger partial charge in [0.1, 0.15) is 5.60 Å². The predicted molar refractivity (Wildman–Crippen MR) is 57.4 cm³/mol. The topological polar surface area (TPSA) is 55.6 Å². The molecule has 2 unspecified atom stereocenters. The number of hydrogen-bond donors (Lipinski definition) is 1. The van der Waals surface area contributed by atoms with Crippen molar-refractivity contribution in [1.82, 2.24) is 4.90 Å². The van der Waals surface area contributed by atoms with Crippen LogP contribution in [0.25, 0.3) is 0 Å². The number of halogens is 2. The molecule has 0 aromatic heterocycles. The maximum atomic E-state index is 12.3. The minimum atomic E-state index is -2.67. The normalized spacial score (nSPS) is 15.8. The summed E-state index contributed by atoms with van der Waals surface area (Å²) in [4.78, 5) is 12.6. The summed E-state index contributed by atoms with van der Waals surface area (Å²) in [7, 11) is 1.39. The van der Waals surface area contributed by atoms with Gasteiger partial charge in [-0.1, -0.05) is 0 Å². The molecule has 2 atom stereocenters. The van der Waals surface area contributed by atoms with Crippen LogP contribution in [0.2, 0.25) is 0 Å². The van der Waals surface area contributed by atoms with Gasteiger partial charge in [-0.15, -0.1) is 0 Å². The summed E-state index contributed by atoms with van der Waals surface area (Å²) in [5.74, 6) is 0. The highest BCUT2D eigenvalue weighted by Gasteiger charge is 2.30. The van der Waals surface area contributed by atoms with Crippen LogP contribution < -0.4 is 5.73 Å². The second-order valence-corrected chi connectivity index (χ2v) is 4.74. The molecule has 2 N–H and O–H groups in total. The quantitative estimate of drug-likeness (QED) is 0.816. The van der Waals surface area contributed by atoms with E-state index in [1.54, 1.807) is 20.8 Å². The van der Waals surface area contributed by atoms with Crippen LogP contribution in [0.15, 0.2) is 0 Å². The zero-order chi connectivity index (χ0) is 13.1. The number of ether oxygens (including phenoxy) is 1. The lowest BCUT2D eigenvalue weighted by molar-refractivity contribution is 0.0117. The van der Waals surface area contributed by atoms with Crippen molar-refractivity contribution in [2.45, 2.75) is 51.8 Å². The first-order valence-electron chi connectivity index (χ1n) is 5.06. The minimum absolute atomic E-state index is 0.653. The summed E-state index contributed by atoms with van der Waals surface area (Å²) in [6.45, 7) is 6.57. The smallest absolute Gasteiger partial charge is 0.410 e. The molecule has 0 saturated carbocycles. The summed E-state index contributed by atoms with van der Waals surface area (Å²) in [6, 6.07) is -2.16. The molecule has 0 aliphatic rings. The number of carbonyl (C=O) groups is 1. The highest BCUT2D eigenvalue weighted by molar-refractivity contribution is 5.68. The molecule has 0 spiro atoms. The van der Waals surface area contributed by atoms with E-state index in [0.717, 1.165) is 4.90 Å². The van der Waals surface area contributed by atoms with Crippen LogP contribution in [0.1, 0.15) is 27.7 Å². The van der Waals surface area contributed by atoms with Gasteiger partial charge in [0.25, 0.3) is 6.43 Å². The van der Waals surface area contributed by atoms with Crippen molar-refractivity contribution < 1.29 is 18.3 Å². The molecule has 0 aliphatic heterocycles. The van der Waals surface area contributed by atoms with Crippen LogP contribution in [0.4, 0.5) is 13.6 Å². The molecule has 4 nitrogen and oxygen atoms in total. The van der Waals surface area contributed by atoms with Gasteiger partial charge in [-0.25, -0.2) is 13.6 Å². The van der Waals surface area contributed by atoms with E-state index in [1.807, 2.05) is 0 Å². The van der Waals surface area contributed by atoms with Gasteiger partial charge in [0.05, 0.1) is 12.1 Å². The number of nitrogens with zero attached hydrogens (tertiary/aromatic N) is 1. The van der Waals surface area contributed by atoms with E-state index in [4.69, 9.17) is 10.5 Å². The van der Waals surface area contributed by atoms with E-state index in [-0.39, 0.29) is 0 Å². The molecule has 96 valence electrons. The maximum Gasteiger partial charge on any atom is 0.410 e. The number of rotatable bonds is 3. The fourth-order valence-corrected chi connectivity index (χ4v) is 0.969. The zero-order valence-electron chi connectivity index (χ0n) is 10.3. The summed E-state index contributed by atoms with van der Waals surface area (Å²) < 4.78 is 29.7. The Kier molecular flexibility index (Phi) is 5.12. The van der Waals surface area contributed by atoms with E-state index in [1.165, 1.54) is 14.0 Å². The summed E-state index contributed by atoms with van der Waals surface area (Å²) in [5, 5.41) is 0. The number of nitrogens with two attached hydrogens (primary N) is 1. The Morgan fingerprint density at radius 1 is 1.38 bits per heavy atom. The van der Waals surface area contributed by atoms with E-state index >= 15 is 0 Å². The Bertz CT molecular complexity index is 241. The number of alkyl halides is 2. The van der Waals surface area contributed by atoms with Crippen LogP contribution >= 0.6 is 0 Å². The third-order valence-corrected chi connectivity index (χ3v) is 2.14. The Balaban J connectivity index is 4.44. The van der Waals surface area contributed by atoms with Crippen LogP contribution in [-0.2, 0) is 4.74 Å². The van der Waals surface area contributed by atoms with Gasteiger partial charge in [-0.3, -0.25) is 0 Å². The standard InChI is InChI=1S/C10H20F2N2O2/c1-6(7(13)8(11)12)14(5)9(15)16-10(2,3)4/h6-8H,13H2,1-5H3. The van der Waals surface area contributed by atoms with E-state index in [0.29, 0.717) is 0 Å². The average Bonchev–Trinajstić information content (AvgIpc) is 2.11. The van der Waals surface area contributed by atoms with Gasteiger partial charge in [0.15, 0.2) is 0 Å². The maximum absolute atomic E-state index is 12.3. The Labute approximate surface area is 94.7 Å². The van der Waals surface area contributed by atoms with Crippen LogP contribution in [0.5, 0.6) is 0 Å². The lowest BCUT2D eigenvalue weighted by Crippen LogP contribution is -2.51. The fraction of sp³-hybridized carbons (Fsp3) is 0.900. The van der Waals surface area contributed by atoms with Gasteiger partial charge in [0.2, 0.25) is 0 Å². The minimum Gasteiger partial charge on any atom is -0.444 e. The number of likely N-dealkylation sites (N-methyl/N-ethyl adjacent to an activating group) is 1. The summed E-state index contributed by atoms with van der Waals surface area (Å²) in [6.07, 6.45) is -3.32. The van der Waals surface area contributed by atoms with Crippen molar-refractivity contribution in [2.75, 3.05) is 7.05 Å². The number of carbonyl (C=O) groups excluding carboxylic acids is 1. The van der Waals surface area contributed by atoms with Gasteiger partial charge in [-0.05, 0) is 27.7 Å². The molecule has 6 heteroatoms. The molecular weight excluding hydrogens is 218 g/mol. The molecule has 0 rings (SSSR count). The van der Waals surface area contributed by atoms with Crippen molar-refractivity contribution in [3.63, 3.8) is 0 Å². The summed E-state index contributed by atoms with van der Waals surface area (Å²) >= 11 is 0. The molecule has 0 radical (unpaired) electrons. The van der Waals surface area contributed by atoms with Gasteiger partial charge < -0.3 is 15.4 Å². The molecule has 0 bridgehead atoms. The predicted octanol–water partition coefficient (Wildman–Crippen LogP) is 1.83. The monoisotopic (exact) mass is 238 g/mol. The van der Waals surface area contributed by atoms with Gasteiger partial charge in [0, 0.05) is 7.05 Å². The Morgan fingerprint density at radius 2 is 1.81 bits per heavy atom. The van der Waals surface area contributed by atoms with E-state index in [2.05, 4.69) is 0 Å². The van der Waals surface area contributed by atoms with Crippen molar-refractivity contribution in [3.05, 3.63) is 0 Å². The molecule has 0 aliphatic carbocycles. The highest BCUT2D eigenvalue weighted by atomic mass is 19.3. The number of hydrogen-bond acceptors (Lipinski definition) is 3. The first-order valence-corrected chi connectivity index (χ1v) is 5.06.